The second kappa shape index (κ2) is 7.37. The number of nitrogens with one attached hydrogen (secondary N) is 1. The van der Waals surface area contributed by atoms with Crippen LogP contribution in [0.15, 0.2) is 16.7 Å². The normalized spacial score (nSPS) is 20.7. The van der Waals surface area contributed by atoms with Crippen LogP contribution in [-0.4, -0.2) is 41.6 Å². The maximum Gasteiger partial charge on any atom is 0.270 e. The highest BCUT2D eigenvalue weighted by Gasteiger charge is 2.37. The summed E-state index contributed by atoms with van der Waals surface area (Å²) in [6, 6.07) is 1.95. The maximum absolute atomic E-state index is 12.7. The lowest BCUT2D eigenvalue weighted by atomic mass is 9.71. The molecule has 2 fully saturated rings. The van der Waals surface area contributed by atoms with Gasteiger partial charge in [0.25, 0.3) is 5.91 Å². The van der Waals surface area contributed by atoms with E-state index in [4.69, 9.17) is 0 Å². The van der Waals surface area contributed by atoms with E-state index in [0.717, 1.165) is 55.7 Å². The van der Waals surface area contributed by atoms with Crippen molar-refractivity contribution < 1.29 is 4.79 Å². The highest BCUT2D eigenvalue weighted by atomic mass is 79.9. The van der Waals surface area contributed by atoms with Gasteiger partial charge in [-0.1, -0.05) is 0 Å². The molecule has 3 rings (SSSR count). The Bertz CT molecular complexity index is 515. The number of amides is 1. The second-order valence-electron chi connectivity index (χ2n) is 6.37. The number of hydrogen-bond acceptors (Lipinski definition) is 2. The standard InChI is InChI=1S/C16H24BrN3O.ClH/c1-2-19-12-13(17)11-14(19)15(21)20-9-5-16(6-10-20)3-7-18-8-4-16;/h11-12,18H,2-10H2,1H3;1H. The van der Waals surface area contributed by atoms with Gasteiger partial charge in [0.2, 0.25) is 0 Å². The third kappa shape index (κ3) is 3.52. The summed E-state index contributed by atoms with van der Waals surface area (Å²) in [5.74, 6) is 0.186. The Morgan fingerprint density at radius 3 is 2.50 bits per heavy atom. The topological polar surface area (TPSA) is 37.3 Å². The molecule has 2 aliphatic heterocycles. The van der Waals surface area contributed by atoms with Gasteiger partial charge in [-0.05, 0) is 73.1 Å². The lowest BCUT2D eigenvalue weighted by molar-refractivity contribution is 0.0487. The lowest BCUT2D eigenvalue weighted by Gasteiger charge is -2.44. The second-order valence-corrected chi connectivity index (χ2v) is 7.29. The van der Waals surface area contributed by atoms with Gasteiger partial charge in [0.05, 0.1) is 0 Å². The smallest absolute Gasteiger partial charge is 0.270 e. The predicted octanol–water partition coefficient (Wildman–Crippen LogP) is 3.30. The summed E-state index contributed by atoms with van der Waals surface area (Å²) in [7, 11) is 0. The molecular formula is C16H25BrClN3O. The fourth-order valence-electron chi connectivity index (χ4n) is 3.72. The number of piperidine rings is 2. The monoisotopic (exact) mass is 389 g/mol. The minimum Gasteiger partial charge on any atom is -0.343 e. The third-order valence-electron chi connectivity index (χ3n) is 5.20. The molecule has 124 valence electrons. The molecule has 1 N–H and O–H groups in total. The fourth-order valence-corrected chi connectivity index (χ4v) is 4.18. The van der Waals surface area contributed by atoms with Crippen LogP contribution < -0.4 is 5.32 Å². The van der Waals surface area contributed by atoms with Gasteiger partial charge in [0, 0.05) is 30.3 Å². The van der Waals surface area contributed by atoms with E-state index in [1.54, 1.807) is 0 Å². The van der Waals surface area contributed by atoms with Gasteiger partial charge in [-0.15, -0.1) is 12.4 Å². The number of carbonyl (C=O) groups is 1. The number of hydrogen-bond donors (Lipinski definition) is 1. The largest absolute Gasteiger partial charge is 0.343 e. The molecule has 3 heterocycles. The van der Waals surface area contributed by atoms with E-state index in [1.165, 1.54) is 12.8 Å². The first-order chi connectivity index (χ1) is 10.1. The zero-order valence-corrected chi connectivity index (χ0v) is 15.5. The summed E-state index contributed by atoms with van der Waals surface area (Å²) >= 11 is 3.48. The lowest BCUT2D eigenvalue weighted by Crippen LogP contribution is -2.47. The van der Waals surface area contributed by atoms with Crippen LogP contribution in [0.4, 0.5) is 0 Å². The predicted molar refractivity (Wildman–Crippen MR) is 94.7 cm³/mol. The van der Waals surface area contributed by atoms with Gasteiger partial charge < -0.3 is 14.8 Å². The molecule has 1 spiro atoms. The maximum atomic E-state index is 12.7. The van der Waals surface area contributed by atoms with Crippen LogP contribution in [-0.2, 0) is 6.54 Å². The molecule has 0 radical (unpaired) electrons. The van der Waals surface area contributed by atoms with Crippen molar-refractivity contribution in [1.82, 2.24) is 14.8 Å². The molecule has 2 aliphatic rings. The molecule has 1 aromatic heterocycles. The Kier molecular flexibility index (Phi) is 5.97. The minimum absolute atomic E-state index is 0. The number of nitrogens with zero attached hydrogens (tertiary/aromatic N) is 2. The Labute approximate surface area is 147 Å². The molecule has 2 saturated heterocycles. The molecule has 0 bridgehead atoms. The van der Waals surface area contributed by atoms with E-state index < -0.39 is 0 Å². The number of carbonyl (C=O) groups excluding carboxylic acids is 1. The zero-order valence-electron chi connectivity index (χ0n) is 13.1. The SMILES string of the molecule is CCn1cc(Br)cc1C(=O)N1CCC2(CCNCC2)CC1.Cl. The molecule has 6 heteroatoms. The molecular weight excluding hydrogens is 366 g/mol. The third-order valence-corrected chi connectivity index (χ3v) is 5.63. The van der Waals surface area contributed by atoms with Gasteiger partial charge >= 0.3 is 0 Å². The molecule has 0 aliphatic carbocycles. The molecule has 22 heavy (non-hydrogen) atoms. The van der Waals surface area contributed by atoms with Crippen LogP contribution in [0.3, 0.4) is 0 Å². The molecule has 1 aromatic rings. The molecule has 1 amide bonds. The van der Waals surface area contributed by atoms with Crippen LogP contribution in [0, 0.1) is 5.41 Å². The summed E-state index contributed by atoms with van der Waals surface area (Å²) in [5, 5.41) is 3.44. The number of aryl methyl sites for hydroxylation is 1. The first-order valence-electron chi connectivity index (χ1n) is 7.99. The molecule has 0 saturated carbocycles. The van der Waals surface area contributed by atoms with E-state index in [-0.39, 0.29) is 18.3 Å². The van der Waals surface area contributed by atoms with Gasteiger partial charge in [0.1, 0.15) is 5.69 Å². The average molecular weight is 391 g/mol. The van der Waals surface area contributed by atoms with Crippen LogP contribution in [0.25, 0.3) is 0 Å². The Morgan fingerprint density at radius 1 is 1.27 bits per heavy atom. The van der Waals surface area contributed by atoms with Crippen LogP contribution in [0.1, 0.15) is 43.1 Å². The van der Waals surface area contributed by atoms with Crippen LogP contribution in [0.5, 0.6) is 0 Å². The van der Waals surface area contributed by atoms with Crippen molar-refractivity contribution in [3.8, 4) is 0 Å². The number of likely N-dealkylation sites (tertiary alicyclic amines) is 1. The van der Waals surface area contributed by atoms with Crippen molar-refractivity contribution in [1.29, 1.82) is 0 Å². The van der Waals surface area contributed by atoms with Crippen molar-refractivity contribution in [3.63, 3.8) is 0 Å². The molecule has 0 atom stereocenters. The van der Waals surface area contributed by atoms with Gasteiger partial charge in [-0.25, -0.2) is 0 Å². The van der Waals surface area contributed by atoms with Crippen molar-refractivity contribution in [2.24, 2.45) is 5.41 Å². The zero-order chi connectivity index (χ0) is 14.9. The van der Waals surface area contributed by atoms with E-state index in [1.807, 2.05) is 21.7 Å². The Hall–Kier alpha value is -0.520. The average Bonchev–Trinajstić information content (AvgIpc) is 2.89. The molecule has 0 unspecified atom stereocenters. The highest BCUT2D eigenvalue weighted by Crippen LogP contribution is 2.39. The van der Waals surface area contributed by atoms with Gasteiger partial charge in [-0.2, -0.15) is 0 Å². The molecule has 4 nitrogen and oxygen atoms in total. The van der Waals surface area contributed by atoms with E-state index in [2.05, 4.69) is 28.2 Å². The van der Waals surface area contributed by atoms with Crippen LogP contribution in [0.2, 0.25) is 0 Å². The van der Waals surface area contributed by atoms with Crippen molar-refractivity contribution in [2.45, 2.75) is 39.2 Å². The highest BCUT2D eigenvalue weighted by molar-refractivity contribution is 9.10. The number of rotatable bonds is 2. The van der Waals surface area contributed by atoms with Gasteiger partial charge in [-0.3, -0.25) is 4.79 Å². The summed E-state index contributed by atoms with van der Waals surface area (Å²) in [4.78, 5) is 14.8. The number of aromatic nitrogens is 1. The number of halogens is 2. The van der Waals surface area contributed by atoms with Crippen LogP contribution >= 0.6 is 28.3 Å². The van der Waals surface area contributed by atoms with Gasteiger partial charge in [0.15, 0.2) is 0 Å². The Morgan fingerprint density at radius 2 is 1.91 bits per heavy atom. The van der Waals surface area contributed by atoms with Crippen molar-refractivity contribution in [3.05, 3.63) is 22.4 Å². The Balaban J connectivity index is 0.00000176. The quantitative estimate of drug-likeness (QED) is 0.841. The summed E-state index contributed by atoms with van der Waals surface area (Å²) in [6.45, 7) is 7.00. The first kappa shape index (κ1) is 17.8. The van der Waals surface area contributed by atoms with E-state index >= 15 is 0 Å². The fraction of sp³-hybridized carbons (Fsp3) is 0.688. The van der Waals surface area contributed by atoms with Crippen molar-refractivity contribution >= 4 is 34.2 Å². The van der Waals surface area contributed by atoms with E-state index in [9.17, 15) is 4.79 Å². The summed E-state index contributed by atoms with van der Waals surface area (Å²) in [6.07, 6.45) is 6.85. The minimum atomic E-state index is 0. The van der Waals surface area contributed by atoms with Crippen molar-refractivity contribution in [2.75, 3.05) is 26.2 Å². The molecule has 0 aromatic carbocycles. The van der Waals surface area contributed by atoms with E-state index in [0.29, 0.717) is 5.41 Å². The summed E-state index contributed by atoms with van der Waals surface area (Å²) < 4.78 is 3.01. The first-order valence-corrected chi connectivity index (χ1v) is 8.78. The summed E-state index contributed by atoms with van der Waals surface area (Å²) in [5.41, 5.74) is 1.31.